The van der Waals surface area contributed by atoms with E-state index in [2.05, 4.69) is 4.98 Å². The van der Waals surface area contributed by atoms with Crippen LogP contribution in [-0.4, -0.2) is 9.55 Å². The number of nitrogens with zero attached hydrogens (tertiary/aromatic N) is 2. The highest BCUT2D eigenvalue weighted by Crippen LogP contribution is 2.58. The zero-order valence-corrected chi connectivity index (χ0v) is 10.5. The summed E-state index contributed by atoms with van der Waals surface area (Å²) in [6, 6.07) is 1.76. The fraction of sp³-hybridized carbons (Fsp3) is 0.714. The minimum atomic E-state index is -0.156. The number of anilines is 1. The Morgan fingerprint density at radius 1 is 1.17 bits per heavy atom. The van der Waals surface area contributed by atoms with Crippen LogP contribution in [0.1, 0.15) is 38.5 Å². The molecule has 4 aliphatic rings. The van der Waals surface area contributed by atoms with Gasteiger partial charge in [0.1, 0.15) is 5.82 Å². The van der Waals surface area contributed by atoms with Crippen molar-refractivity contribution in [1.29, 1.82) is 0 Å². The van der Waals surface area contributed by atoms with Gasteiger partial charge in [0.25, 0.3) is 0 Å². The summed E-state index contributed by atoms with van der Waals surface area (Å²) >= 11 is 0. The van der Waals surface area contributed by atoms with Crippen molar-refractivity contribution in [2.24, 2.45) is 17.8 Å². The molecule has 5 rings (SSSR count). The molecule has 1 aromatic rings. The molecule has 0 aliphatic heterocycles. The SMILES string of the molecule is Nc1ccn(C23CC4CC(CC(C4)C2)C3)c(=O)n1. The van der Waals surface area contributed by atoms with E-state index in [9.17, 15) is 4.79 Å². The molecule has 4 fully saturated rings. The van der Waals surface area contributed by atoms with E-state index < -0.39 is 0 Å². The fourth-order valence-electron chi connectivity index (χ4n) is 5.14. The third kappa shape index (κ3) is 1.38. The third-order valence-corrected chi connectivity index (χ3v) is 5.34. The van der Waals surface area contributed by atoms with Gasteiger partial charge in [-0.15, -0.1) is 0 Å². The van der Waals surface area contributed by atoms with Crippen LogP contribution in [0.15, 0.2) is 17.1 Å². The molecule has 4 nitrogen and oxygen atoms in total. The predicted octanol–water partition coefficient (Wildman–Crippen LogP) is 1.75. The topological polar surface area (TPSA) is 60.9 Å². The van der Waals surface area contributed by atoms with E-state index in [0.717, 1.165) is 17.8 Å². The van der Waals surface area contributed by atoms with Crippen molar-refractivity contribution in [2.75, 3.05) is 5.73 Å². The summed E-state index contributed by atoms with van der Waals surface area (Å²) < 4.78 is 1.90. The normalized spacial score (nSPS) is 41.2. The second-order valence-electron chi connectivity index (χ2n) is 6.65. The van der Waals surface area contributed by atoms with E-state index in [4.69, 9.17) is 5.73 Å². The highest BCUT2D eigenvalue weighted by atomic mass is 16.1. The van der Waals surface area contributed by atoms with E-state index in [1.807, 2.05) is 10.8 Å². The maximum Gasteiger partial charge on any atom is 0.350 e. The first-order chi connectivity index (χ1) is 8.64. The minimum Gasteiger partial charge on any atom is -0.383 e. The quantitative estimate of drug-likeness (QED) is 0.820. The molecule has 0 spiro atoms. The van der Waals surface area contributed by atoms with Crippen molar-refractivity contribution < 1.29 is 0 Å². The van der Waals surface area contributed by atoms with Crippen LogP contribution in [0.5, 0.6) is 0 Å². The molecule has 0 atom stereocenters. The Balaban J connectivity index is 1.81. The minimum absolute atomic E-state index is 0.0620. The number of nitrogen functional groups attached to an aromatic ring is 1. The Hall–Kier alpha value is -1.32. The molecule has 4 saturated carbocycles. The first-order valence-corrected chi connectivity index (χ1v) is 7.00. The average Bonchev–Trinajstić information content (AvgIpc) is 2.26. The number of nitrogens with two attached hydrogens (primary N) is 1. The Morgan fingerprint density at radius 3 is 2.22 bits per heavy atom. The molecule has 96 valence electrons. The van der Waals surface area contributed by atoms with Crippen LogP contribution in [0.2, 0.25) is 0 Å². The summed E-state index contributed by atoms with van der Waals surface area (Å²) in [6.45, 7) is 0. The second kappa shape index (κ2) is 3.37. The molecule has 2 N–H and O–H groups in total. The largest absolute Gasteiger partial charge is 0.383 e. The molecule has 4 bridgehead atoms. The lowest BCUT2D eigenvalue weighted by Gasteiger charge is -2.57. The van der Waals surface area contributed by atoms with Crippen molar-refractivity contribution in [3.05, 3.63) is 22.7 Å². The second-order valence-corrected chi connectivity index (χ2v) is 6.65. The zero-order chi connectivity index (χ0) is 12.3. The van der Waals surface area contributed by atoms with E-state index in [-0.39, 0.29) is 11.2 Å². The van der Waals surface area contributed by atoms with Crippen molar-refractivity contribution in [3.63, 3.8) is 0 Å². The van der Waals surface area contributed by atoms with E-state index in [1.54, 1.807) is 6.07 Å². The van der Waals surface area contributed by atoms with Gasteiger partial charge in [0, 0.05) is 11.7 Å². The molecule has 4 aliphatic carbocycles. The maximum atomic E-state index is 12.1. The molecule has 0 aromatic carbocycles. The van der Waals surface area contributed by atoms with Crippen LogP contribution < -0.4 is 11.4 Å². The van der Waals surface area contributed by atoms with Gasteiger partial charge in [-0.25, -0.2) is 4.79 Å². The number of aromatic nitrogens is 2. The van der Waals surface area contributed by atoms with Crippen molar-refractivity contribution >= 4 is 5.82 Å². The number of rotatable bonds is 1. The van der Waals surface area contributed by atoms with E-state index in [1.165, 1.54) is 38.5 Å². The Kier molecular flexibility index (Phi) is 1.98. The van der Waals surface area contributed by atoms with Crippen LogP contribution in [0.3, 0.4) is 0 Å². The highest BCUT2D eigenvalue weighted by molar-refractivity contribution is 5.24. The molecule has 0 radical (unpaired) electrons. The molecular weight excluding hydrogens is 226 g/mol. The number of hydrogen-bond acceptors (Lipinski definition) is 3. The van der Waals surface area contributed by atoms with Gasteiger partial charge in [-0.3, -0.25) is 4.57 Å². The smallest absolute Gasteiger partial charge is 0.350 e. The molecule has 0 saturated heterocycles. The Bertz CT molecular complexity index is 513. The maximum absolute atomic E-state index is 12.1. The molecule has 0 amide bonds. The lowest BCUT2D eigenvalue weighted by molar-refractivity contribution is -0.0454. The third-order valence-electron chi connectivity index (χ3n) is 5.34. The van der Waals surface area contributed by atoms with Crippen molar-refractivity contribution in [3.8, 4) is 0 Å². The Morgan fingerprint density at radius 2 is 1.72 bits per heavy atom. The van der Waals surface area contributed by atoms with Gasteiger partial charge in [0.05, 0.1) is 0 Å². The predicted molar refractivity (Wildman–Crippen MR) is 69.1 cm³/mol. The standard InChI is InChI=1S/C14H19N3O/c15-12-1-2-17(13(18)16-12)14-6-9-3-10(7-14)5-11(4-9)8-14/h1-2,9-11H,3-8H2,(H2,15,16,18). The summed E-state index contributed by atoms with van der Waals surface area (Å²) in [7, 11) is 0. The van der Waals surface area contributed by atoms with E-state index in [0.29, 0.717) is 5.82 Å². The van der Waals surface area contributed by atoms with Crippen LogP contribution in [0.25, 0.3) is 0 Å². The van der Waals surface area contributed by atoms with Crippen LogP contribution in [0.4, 0.5) is 5.82 Å². The molecule has 0 unspecified atom stereocenters. The average molecular weight is 245 g/mol. The summed E-state index contributed by atoms with van der Waals surface area (Å²) in [5, 5.41) is 0. The Labute approximate surface area is 106 Å². The first kappa shape index (κ1) is 10.6. The van der Waals surface area contributed by atoms with Crippen LogP contribution in [0, 0.1) is 17.8 Å². The van der Waals surface area contributed by atoms with Gasteiger partial charge in [0.15, 0.2) is 0 Å². The number of hydrogen-bond donors (Lipinski definition) is 1. The van der Waals surface area contributed by atoms with Crippen LogP contribution >= 0.6 is 0 Å². The molecule has 1 heterocycles. The summed E-state index contributed by atoms with van der Waals surface area (Å²) in [6.07, 6.45) is 9.54. The van der Waals surface area contributed by atoms with Crippen molar-refractivity contribution in [2.45, 2.75) is 44.1 Å². The highest BCUT2D eigenvalue weighted by Gasteiger charge is 2.52. The van der Waals surface area contributed by atoms with Crippen LogP contribution in [-0.2, 0) is 5.54 Å². The molecule has 18 heavy (non-hydrogen) atoms. The van der Waals surface area contributed by atoms with E-state index >= 15 is 0 Å². The van der Waals surface area contributed by atoms with Gasteiger partial charge >= 0.3 is 5.69 Å². The summed E-state index contributed by atoms with van der Waals surface area (Å²) in [5.41, 5.74) is 5.50. The summed E-state index contributed by atoms with van der Waals surface area (Å²) in [5.74, 6) is 2.84. The lowest BCUT2D eigenvalue weighted by Crippen LogP contribution is -2.54. The van der Waals surface area contributed by atoms with Gasteiger partial charge in [0.2, 0.25) is 0 Å². The van der Waals surface area contributed by atoms with Gasteiger partial charge < -0.3 is 5.73 Å². The zero-order valence-electron chi connectivity index (χ0n) is 10.5. The molecule has 1 aromatic heterocycles. The summed E-state index contributed by atoms with van der Waals surface area (Å²) in [4.78, 5) is 16.0. The molecular formula is C14H19N3O. The monoisotopic (exact) mass is 245 g/mol. The van der Waals surface area contributed by atoms with Gasteiger partial charge in [-0.2, -0.15) is 4.98 Å². The van der Waals surface area contributed by atoms with Gasteiger partial charge in [-0.1, -0.05) is 0 Å². The fourth-order valence-corrected chi connectivity index (χ4v) is 5.14. The molecule has 4 heteroatoms. The lowest BCUT2D eigenvalue weighted by atomic mass is 9.53. The first-order valence-electron chi connectivity index (χ1n) is 7.00. The van der Waals surface area contributed by atoms with Gasteiger partial charge in [-0.05, 0) is 62.3 Å². The van der Waals surface area contributed by atoms with Crippen molar-refractivity contribution in [1.82, 2.24) is 9.55 Å².